The van der Waals surface area contributed by atoms with Crippen LogP contribution in [0.5, 0.6) is 0 Å². The Morgan fingerprint density at radius 1 is 1.43 bits per heavy atom. The molecule has 0 aliphatic rings. The molecule has 21 heavy (non-hydrogen) atoms. The highest BCUT2D eigenvalue weighted by Gasteiger charge is 2.20. The van der Waals surface area contributed by atoms with Gasteiger partial charge in [-0.2, -0.15) is 0 Å². The van der Waals surface area contributed by atoms with Crippen LogP contribution in [0.4, 0.5) is 4.79 Å². The number of urea groups is 1. The van der Waals surface area contributed by atoms with E-state index < -0.39 is 24.0 Å². The van der Waals surface area contributed by atoms with Crippen LogP contribution < -0.4 is 10.6 Å². The predicted molar refractivity (Wildman–Crippen MR) is 71.4 cm³/mol. The molecule has 0 saturated heterocycles. The monoisotopic (exact) mass is 298 g/mol. The molecule has 0 unspecified atom stereocenters. The zero-order valence-electron chi connectivity index (χ0n) is 11.6. The van der Waals surface area contributed by atoms with Crippen LogP contribution in [0.3, 0.4) is 0 Å². The van der Waals surface area contributed by atoms with E-state index in [2.05, 4.69) is 20.4 Å². The third-order valence-electron chi connectivity index (χ3n) is 2.68. The summed E-state index contributed by atoms with van der Waals surface area (Å²) in [6.07, 6.45) is 4.86. The molecule has 1 atom stereocenters. The minimum absolute atomic E-state index is 0.0308. The topological polar surface area (TPSA) is 123 Å². The first-order valence-electron chi connectivity index (χ1n) is 6.32. The van der Waals surface area contributed by atoms with Crippen molar-refractivity contribution in [3.63, 3.8) is 0 Å². The maximum absolute atomic E-state index is 11.6. The Bertz CT molecular complexity index is 474. The van der Waals surface area contributed by atoms with Crippen molar-refractivity contribution in [1.82, 2.24) is 20.2 Å². The number of carboxylic acids is 1. The molecule has 1 aromatic heterocycles. The number of carbonyl (C=O) groups excluding carboxylic acids is 2. The van der Waals surface area contributed by atoms with Crippen LogP contribution in [0.1, 0.15) is 12.8 Å². The highest BCUT2D eigenvalue weighted by Crippen LogP contribution is 1.99. The number of esters is 1. The van der Waals surface area contributed by atoms with Crippen molar-refractivity contribution >= 4 is 18.0 Å². The molecule has 0 spiro atoms. The third kappa shape index (κ3) is 6.41. The minimum Gasteiger partial charge on any atom is -0.480 e. The number of aliphatic carboxylic acids is 1. The zero-order valence-corrected chi connectivity index (χ0v) is 11.6. The summed E-state index contributed by atoms with van der Waals surface area (Å²) < 4.78 is 6.19. The summed E-state index contributed by atoms with van der Waals surface area (Å²) in [5.74, 6) is -1.73. The molecule has 9 nitrogen and oxygen atoms in total. The molecule has 0 radical (unpaired) electrons. The highest BCUT2D eigenvalue weighted by atomic mass is 16.5. The van der Waals surface area contributed by atoms with Gasteiger partial charge in [-0.1, -0.05) is 0 Å². The second kappa shape index (κ2) is 8.56. The number of ether oxygens (including phenoxy) is 1. The number of methoxy groups -OCH3 is 1. The molecule has 116 valence electrons. The lowest BCUT2D eigenvalue weighted by molar-refractivity contribution is -0.142. The van der Waals surface area contributed by atoms with Crippen LogP contribution in [0.25, 0.3) is 0 Å². The molecule has 1 rings (SSSR count). The van der Waals surface area contributed by atoms with Crippen LogP contribution in [0.15, 0.2) is 18.7 Å². The number of amides is 2. The fraction of sp³-hybridized carbons (Fsp3) is 0.500. The van der Waals surface area contributed by atoms with Gasteiger partial charge >= 0.3 is 18.0 Å². The summed E-state index contributed by atoms with van der Waals surface area (Å²) in [6, 6.07) is -1.75. The number of rotatable bonds is 8. The van der Waals surface area contributed by atoms with Gasteiger partial charge in [-0.05, 0) is 6.42 Å². The maximum Gasteiger partial charge on any atom is 0.326 e. The number of carboxylic acid groups (broad SMARTS) is 1. The second-order valence-electron chi connectivity index (χ2n) is 4.21. The zero-order chi connectivity index (χ0) is 15.7. The Labute approximate surface area is 121 Å². The van der Waals surface area contributed by atoms with Gasteiger partial charge in [0, 0.05) is 31.9 Å². The van der Waals surface area contributed by atoms with Gasteiger partial charge in [0.2, 0.25) is 0 Å². The highest BCUT2D eigenvalue weighted by molar-refractivity contribution is 5.83. The fourth-order valence-electron chi connectivity index (χ4n) is 1.55. The first-order chi connectivity index (χ1) is 10.0. The minimum atomic E-state index is -1.20. The Hall–Kier alpha value is -2.58. The van der Waals surface area contributed by atoms with Crippen molar-refractivity contribution in [3.8, 4) is 0 Å². The molecule has 3 N–H and O–H groups in total. The van der Waals surface area contributed by atoms with E-state index in [0.29, 0.717) is 13.1 Å². The first kappa shape index (κ1) is 16.5. The Kier molecular flexibility index (Phi) is 6.72. The molecule has 0 fully saturated rings. The molecule has 1 heterocycles. The Morgan fingerprint density at radius 2 is 2.19 bits per heavy atom. The van der Waals surface area contributed by atoms with E-state index in [1.807, 2.05) is 0 Å². The van der Waals surface area contributed by atoms with Crippen molar-refractivity contribution in [2.24, 2.45) is 0 Å². The van der Waals surface area contributed by atoms with Gasteiger partial charge in [-0.15, -0.1) is 0 Å². The average molecular weight is 298 g/mol. The fourth-order valence-corrected chi connectivity index (χ4v) is 1.55. The lowest BCUT2D eigenvalue weighted by atomic mass is 10.1. The van der Waals surface area contributed by atoms with Gasteiger partial charge in [0.05, 0.1) is 13.4 Å². The lowest BCUT2D eigenvalue weighted by Gasteiger charge is -2.14. The number of aromatic nitrogens is 2. The molecule has 0 aromatic carbocycles. The third-order valence-corrected chi connectivity index (χ3v) is 2.68. The van der Waals surface area contributed by atoms with Crippen LogP contribution in [-0.4, -0.2) is 52.3 Å². The molecule has 0 aliphatic carbocycles. The average Bonchev–Trinajstić information content (AvgIpc) is 2.95. The number of nitrogens with one attached hydrogen (secondary N) is 2. The van der Waals surface area contributed by atoms with Crippen molar-refractivity contribution in [2.75, 3.05) is 13.7 Å². The molecule has 0 saturated carbocycles. The van der Waals surface area contributed by atoms with Crippen molar-refractivity contribution in [1.29, 1.82) is 0 Å². The van der Waals surface area contributed by atoms with E-state index in [0.717, 1.165) is 0 Å². The summed E-state index contributed by atoms with van der Waals surface area (Å²) in [6.45, 7) is 0.846. The van der Waals surface area contributed by atoms with Gasteiger partial charge < -0.3 is 25.0 Å². The normalized spacial score (nSPS) is 11.5. The summed E-state index contributed by atoms with van der Waals surface area (Å²) in [5, 5.41) is 13.8. The van der Waals surface area contributed by atoms with Gasteiger partial charge in [-0.25, -0.2) is 14.6 Å². The maximum atomic E-state index is 11.6. The van der Waals surface area contributed by atoms with Crippen molar-refractivity contribution in [3.05, 3.63) is 18.7 Å². The molecule has 0 bridgehead atoms. The van der Waals surface area contributed by atoms with E-state index in [1.165, 1.54) is 7.11 Å². The first-order valence-corrected chi connectivity index (χ1v) is 6.32. The molecule has 9 heteroatoms. The van der Waals surface area contributed by atoms with Crippen LogP contribution in [0, 0.1) is 0 Å². The van der Waals surface area contributed by atoms with Crippen LogP contribution in [-0.2, 0) is 20.9 Å². The quantitative estimate of drug-likeness (QED) is 0.561. The predicted octanol–water partition coefficient (Wildman–Crippen LogP) is -0.411. The molecular weight excluding hydrogens is 280 g/mol. The van der Waals surface area contributed by atoms with E-state index in [1.54, 1.807) is 23.3 Å². The van der Waals surface area contributed by atoms with Gasteiger partial charge in [0.25, 0.3) is 0 Å². The number of hydrogen-bond acceptors (Lipinski definition) is 5. The molecule has 2 amide bonds. The number of imidazole rings is 1. The van der Waals surface area contributed by atoms with Crippen molar-refractivity contribution < 1.29 is 24.2 Å². The second-order valence-corrected chi connectivity index (χ2v) is 4.21. The smallest absolute Gasteiger partial charge is 0.326 e. The SMILES string of the molecule is COC(=O)CC[C@@H](NC(=O)NCCn1ccnc1)C(=O)O. The Morgan fingerprint density at radius 3 is 2.76 bits per heavy atom. The van der Waals surface area contributed by atoms with E-state index >= 15 is 0 Å². The Balaban J connectivity index is 2.31. The summed E-state index contributed by atoms with van der Waals surface area (Å²) in [4.78, 5) is 37.4. The van der Waals surface area contributed by atoms with Gasteiger partial charge in [-0.3, -0.25) is 4.79 Å². The number of hydrogen-bond donors (Lipinski definition) is 3. The largest absolute Gasteiger partial charge is 0.480 e. The number of carbonyl (C=O) groups is 3. The molecule has 0 aliphatic heterocycles. The molecular formula is C12H18N4O5. The van der Waals surface area contributed by atoms with Crippen molar-refractivity contribution in [2.45, 2.75) is 25.4 Å². The summed E-state index contributed by atoms with van der Waals surface area (Å²) in [5.41, 5.74) is 0. The van der Waals surface area contributed by atoms with E-state index in [9.17, 15) is 14.4 Å². The van der Waals surface area contributed by atoms with Gasteiger partial charge in [0.1, 0.15) is 6.04 Å². The van der Waals surface area contributed by atoms with Gasteiger partial charge in [0.15, 0.2) is 0 Å². The lowest BCUT2D eigenvalue weighted by Crippen LogP contribution is -2.46. The standard InChI is InChI=1S/C12H18N4O5/c1-21-10(17)3-2-9(11(18)19)15-12(20)14-5-7-16-6-4-13-8-16/h4,6,8-9H,2-3,5,7H2,1H3,(H,18,19)(H2,14,15,20)/t9-/m1/s1. The molecule has 1 aromatic rings. The van der Waals surface area contributed by atoms with E-state index in [4.69, 9.17) is 5.11 Å². The number of nitrogens with zero attached hydrogens (tertiary/aromatic N) is 2. The van der Waals surface area contributed by atoms with Crippen LogP contribution in [0.2, 0.25) is 0 Å². The summed E-state index contributed by atoms with van der Waals surface area (Å²) >= 11 is 0. The summed E-state index contributed by atoms with van der Waals surface area (Å²) in [7, 11) is 1.22. The van der Waals surface area contributed by atoms with E-state index in [-0.39, 0.29) is 12.8 Å². The van der Waals surface area contributed by atoms with Crippen LogP contribution >= 0.6 is 0 Å².